The Labute approximate surface area is 742 Å². The average molecular weight is 1750 g/mol. The molecule has 0 bridgehead atoms. The van der Waals surface area contributed by atoms with Gasteiger partial charge in [0.25, 0.3) is 5.91 Å². The fourth-order valence-corrected chi connectivity index (χ4v) is 16.2. The molecule has 0 saturated carbocycles. The highest BCUT2D eigenvalue weighted by Gasteiger charge is 2.23. The van der Waals surface area contributed by atoms with E-state index in [-0.39, 0.29) is 30.2 Å². The Morgan fingerprint density at radius 1 is 0.438 bits per heavy atom. The number of ether oxygens (including phenoxy) is 4. The first-order valence-electron chi connectivity index (χ1n) is 43.1. The van der Waals surface area contributed by atoms with Gasteiger partial charge >= 0.3 is 0 Å². The van der Waals surface area contributed by atoms with E-state index >= 15 is 0 Å². The number of morpholine rings is 1. The zero-order valence-electron chi connectivity index (χ0n) is 70.7. The summed E-state index contributed by atoms with van der Waals surface area (Å²) in [7, 11) is 0. The van der Waals surface area contributed by atoms with E-state index in [9.17, 15) is 23.2 Å². The lowest BCUT2D eigenvalue weighted by Crippen LogP contribution is -2.38. The highest BCUT2D eigenvalue weighted by molar-refractivity contribution is 6.04. The number of nitrogens with two attached hydrogens (primary N) is 1. The van der Waals surface area contributed by atoms with Crippen LogP contribution in [0.4, 0.5) is 14.5 Å². The number of nitrogens with one attached hydrogen (secondary N) is 10. The summed E-state index contributed by atoms with van der Waals surface area (Å²) in [6, 6.07) is 62.4. The molecule has 22 rings (SSSR count). The predicted octanol–water partition coefficient (Wildman–Crippen LogP) is 15.1. The maximum atomic E-state index is 13.2. The number of aromatic nitrogens is 20. The molecule has 0 atom stereocenters. The first kappa shape index (κ1) is 85.2. The summed E-state index contributed by atoms with van der Waals surface area (Å²) in [5, 5.41) is 75.3. The largest absolute Gasteiger partial charge is 0.492 e. The number of likely N-dealkylation sites (tertiary alicyclic amines) is 2. The lowest BCUT2D eigenvalue weighted by molar-refractivity contribution is -0.116. The Kier molecular flexibility index (Phi) is 26.5. The third-order valence-electron chi connectivity index (χ3n) is 23.0. The molecule has 10 aromatic carbocycles. The minimum Gasteiger partial charge on any atom is -0.492 e. The second-order valence-electron chi connectivity index (χ2n) is 31.6. The van der Waals surface area contributed by atoms with Gasteiger partial charge in [-0.15, -0.1) is 10.2 Å². The number of benzene rings is 10. The van der Waals surface area contributed by atoms with Gasteiger partial charge in [0.1, 0.15) is 48.0 Å². The van der Waals surface area contributed by atoms with Crippen LogP contribution >= 0.6 is 0 Å². The van der Waals surface area contributed by atoms with Crippen LogP contribution < -0.4 is 30.6 Å². The van der Waals surface area contributed by atoms with Gasteiger partial charge in [0, 0.05) is 127 Å². The number of nitrogens with zero attached hydrogens (tertiary/aromatic N) is 15. The lowest BCUT2D eigenvalue weighted by atomic mass is 10.0. The van der Waals surface area contributed by atoms with Gasteiger partial charge in [-0.3, -0.25) is 59.9 Å². The van der Waals surface area contributed by atoms with E-state index in [0.29, 0.717) is 53.7 Å². The van der Waals surface area contributed by atoms with Crippen LogP contribution in [0.15, 0.2) is 219 Å². The van der Waals surface area contributed by atoms with Gasteiger partial charge in [-0.05, 0) is 252 Å². The molecule has 3 saturated heterocycles. The Hall–Kier alpha value is -15.6. The number of rotatable bonds is 22. The minimum atomic E-state index is -0.478. The van der Waals surface area contributed by atoms with Crippen LogP contribution in [0.1, 0.15) is 72.1 Å². The summed E-state index contributed by atoms with van der Waals surface area (Å²) in [6.07, 6.45) is 12.1. The zero-order chi connectivity index (χ0) is 88.5. The van der Waals surface area contributed by atoms with Crippen molar-refractivity contribution in [3.05, 3.63) is 242 Å². The molecule has 18 aromatic rings. The molecule has 0 spiro atoms. The second-order valence-corrected chi connectivity index (χ2v) is 31.6. The highest BCUT2D eigenvalue weighted by atomic mass is 19.1. The summed E-state index contributed by atoms with van der Waals surface area (Å²) < 4.78 is 48.4. The number of fused-ring (bicyclic) bond motifs is 6. The van der Waals surface area contributed by atoms with E-state index in [1.165, 1.54) is 88.5 Å². The maximum absolute atomic E-state index is 13.2. The first-order chi connectivity index (χ1) is 63.9. The Morgan fingerprint density at radius 2 is 0.915 bits per heavy atom. The van der Waals surface area contributed by atoms with Crippen LogP contribution in [0.25, 0.3) is 145 Å². The van der Waals surface area contributed by atoms with Gasteiger partial charge in [0.15, 0.2) is 23.1 Å². The van der Waals surface area contributed by atoms with E-state index in [1.807, 2.05) is 115 Å². The van der Waals surface area contributed by atoms with E-state index in [1.54, 1.807) is 48.5 Å². The van der Waals surface area contributed by atoms with Gasteiger partial charge in [0.2, 0.25) is 24.4 Å². The van der Waals surface area contributed by atoms with Gasteiger partial charge in [-0.1, -0.05) is 37.1 Å². The van der Waals surface area contributed by atoms with Crippen molar-refractivity contribution in [2.45, 2.75) is 51.4 Å². The quantitative estimate of drug-likeness (QED) is 0.0281. The van der Waals surface area contributed by atoms with Crippen LogP contribution in [-0.4, -0.2) is 226 Å². The van der Waals surface area contributed by atoms with E-state index in [0.717, 1.165) is 210 Å². The number of carbonyl (C=O) groups excluding carboxylic acids is 3. The fourth-order valence-electron chi connectivity index (χ4n) is 16.2. The number of H-pyrrole nitrogens is 8. The SMILES string of the molecule is Fc1ccc(-c2n[nH]c3ccc(-c4ncn[nH]4)cc23)cc1.NC(=O)c1ccc2[nH]nc(-c3cccc(NC(=O)CCN4CCCCC4)c3)c2c1.O=C(NCCCN1CCOCC1)c1ccc2[nH]nc(-c3ccc(F)cc3)c2c1.c1cc(OCCN2CCCCC2)cc(-c2n[nH]c3ccc(-c4ncn[nH]4)cc23)c1.c1cc2[nH]nc(-c3ccc4c(c3)OCO4)c2cc1-c1nn[nH]n1. The number of primary amides is 1. The molecule has 12 N–H and O–H groups in total. The van der Waals surface area contributed by atoms with Gasteiger partial charge in [-0.2, -0.15) is 40.9 Å². The molecule has 0 unspecified atom stereocenters. The van der Waals surface area contributed by atoms with Crippen LogP contribution in [0.2, 0.25) is 0 Å². The molecule has 4 aliphatic rings. The van der Waals surface area contributed by atoms with Crippen LogP contribution in [0.5, 0.6) is 17.2 Å². The molecule has 35 heteroatoms. The number of hydrogen-bond donors (Lipinski definition) is 11. The third-order valence-corrected chi connectivity index (χ3v) is 23.0. The first-order valence-corrected chi connectivity index (χ1v) is 43.1. The second kappa shape index (κ2) is 40.4. The highest BCUT2D eigenvalue weighted by Crippen LogP contribution is 2.40. The van der Waals surface area contributed by atoms with Crippen molar-refractivity contribution in [1.82, 2.24) is 122 Å². The Bertz CT molecular complexity index is 6880. The van der Waals surface area contributed by atoms with Crippen molar-refractivity contribution < 1.29 is 42.1 Å². The molecule has 130 heavy (non-hydrogen) atoms. The van der Waals surface area contributed by atoms with Crippen molar-refractivity contribution >= 4 is 77.9 Å². The number of aromatic amines is 8. The molecule has 12 heterocycles. The molecule has 4 aliphatic heterocycles. The van der Waals surface area contributed by atoms with Crippen LogP contribution in [-0.2, 0) is 9.53 Å². The third kappa shape index (κ3) is 20.6. The van der Waals surface area contributed by atoms with Gasteiger partial charge in [0.05, 0.1) is 57.9 Å². The number of tetrazole rings is 1. The molecule has 3 amide bonds. The lowest BCUT2D eigenvalue weighted by Gasteiger charge is -2.26. The average Bonchev–Trinajstić information content (AvgIpc) is 1.64. The summed E-state index contributed by atoms with van der Waals surface area (Å²) in [5.41, 5.74) is 22.9. The van der Waals surface area contributed by atoms with Gasteiger partial charge in [-0.25, -0.2) is 18.7 Å². The number of anilines is 1. The molecule has 33 nitrogen and oxygen atoms in total. The van der Waals surface area contributed by atoms with Crippen molar-refractivity contribution in [3.63, 3.8) is 0 Å². The minimum absolute atomic E-state index is 0.00984. The predicted molar refractivity (Wildman–Crippen MR) is 490 cm³/mol. The molecule has 0 radical (unpaired) electrons. The number of halogens is 2. The van der Waals surface area contributed by atoms with E-state index < -0.39 is 5.91 Å². The normalized spacial score (nSPS) is 14.0. The smallest absolute Gasteiger partial charge is 0.251 e. The summed E-state index contributed by atoms with van der Waals surface area (Å²) in [4.78, 5) is 52.0. The molecule has 0 aliphatic carbocycles. The van der Waals surface area contributed by atoms with Crippen molar-refractivity contribution in [2.75, 3.05) is 97.4 Å². The Morgan fingerprint density at radius 3 is 1.47 bits per heavy atom. The van der Waals surface area contributed by atoms with Crippen molar-refractivity contribution in [1.29, 1.82) is 0 Å². The number of hydrogen-bond acceptors (Lipinski definition) is 22. The number of carbonyl (C=O) groups is 3. The van der Waals surface area contributed by atoms with E-state index in [2.05, 4.69) is 146 Å². The number of piperidine rings is 2. The number of amides is 3. The van der Waals surface area contributed by atoms with Crippen molar-refractivity contribution in [3.8, 4) is 108 Å². The fraction of sp³-hybridized carbons (Fsp3) is 0.232. The standard InChI is InChI=1S/C22H24N6O.C22H25N5O2.C21H23FN4O2.C15H10FN5.C15H10N6O2/c1-2-9-28(10-3-1)11-12-29-18-6-4-5-16(13-18)21-19-14-17(22-23-15-24-27-22)7-8-20(19)25-26-21;23-22(29)16-7-8-19-18(14-16)21(26-25-19)15-5-4-6-17(13-15)24-20(28)9-12-27-10-2-1-3-11-27;22-17-5-2-15(3-6-17)20-18-14-16(4-7-19(18)24-25-20)21(27)23-8-1-9-26-10-12-28-13-11-26;16-11-4-1-9(2-5-11)14-12-7-10(15-17-8-18-21-15)3-6-13(12)19-20-14;1-3-11-10(5-9(1)15-18-20-21-19-15)14(17-16-11)8-2-4-12-13(6-8)23-7-22-12/h4-8,13-15H,1-3,9-12H2,(H,25,26)(H,23,24,27);4-8,13-14H,1-3,9-12H2,(H2,23,29)(H,24,28)(H,25,26);2-7,14H,1,8-13H2,(H,23,27)(H,24,25);1-8H,(H,19,20)(H,17,18,21);1-6H,7H2,(H,16,17)(H,18,19,20,21). The molecule has 3 fully saturated rings. The topological polar surface area (TPSA) is 429 Å². The maximum Gasteiger partial charge on any atom is 0.251 e. The van der Waals surface area contributed by atoms with Crippen LogP contribution in [0.3, 0.4) is 0 Å². The van der Waals surface area contributed by atoms with Gasteiger partial charge < -0.3 is 40.2 Å². The van der Waals surface area contributed by atoms with Crippen LogP contribution in [0, 0.1) is 11.6 Å². The molecular formula is C95H92F2N26O7. The Balaban J connectivity index is 0.000000110. The molecule has 8 aromatic heterocycles. The summed E-state index contributed by atoms with van der Waals surface area (Å²) >= 11 is 0. The van der Waals surface area contributed by atoms with E-state index in [4.69, 9.17) is 24.7 Å². The monoisotopic (exact) mass is 1750 g/mol. The summed E-state index contributed by atoms with van der Waals surface area (Å²) in [5.74, 6) is 3.22. The molecular weight excluding hydrogens is 1660 g/mol. The molecule has 658 valence electrons. The summed E-state index contributed by atoms with van der Waals surface area (Å²) in [6.45, 7) is 12.4. The zero-order valence-corrected chi connectivity index (χ0v) is 70.7. The van der Waals surface area contributed by atoms with Crippen molar-refractivity contribution in [2.24, 2.45) is 5.73 Å².